The maximum Gasteiger partial charge on any atom is 0.573 e. The normalized spacial score (nSPS) is 28.9. The quantitative estimate of drug-likeness (QED) is 0.456. The largest absolute Gasteiger partial charge is 0.573 e. The summed E-state index contributed by atoms with van der Waals surface area (Å²) in [5, 5.41) is 0. The summed E-state index contributed by atoms with van der Waals surface area (Å²) in [5.41, 5.74) is 0.439. The van der Waals surface area contributed by atoms with Crippen LogP contribution < -0.4 is 4.74 Å². The van der Waals surface area contributed by atoms with E-state index in [9.17, 15) is 22.0 Å². The van der Waals surface area contributed by atoms with E-state index < -0.39 is 23.7 Å². The molecule has 158 valence electrons. The molecule has 0 radical (unpaired) electrons. The smallest absolute Gasteiger partial charge is 0.399 e. The fraction of sp³-hybridized carbons (Fsp3) is 0.727. The van der Waals surface area contributed by atoms with Crippen LogP contribution in [0.2, 0.25) is 0 Å². The zero-order valence-corrected chi connectivity index (χ0v) is 16.3. The molecule has 3 rings (SSSR count). The van der Waals surface area contributed by atoms with Crippen molar-refractivity contribution < 1.29 is 26.7 Å². The number of rotatable bonds is 5. The van der Waals surface area contributed by atoms with Crippen molar-refractivity contribution in [3.8, 4) is 5.75 Å². The molecule has 2 saturated carbocycles. The van der Waals surface area contributed by atoms with Gasteiger partial charge in [0.1, 0.15) is 0 Å². The molecule has 0 bridgehead atoms. The zero-order valence-electron chi connectivity index (χ0n) is 16.3. The van der Waals surface area contributed by atoms with Gasteiger partial charge in [-0.25, -0.2) is 8.78 Å². The molecule has 0 atom stereocenters. The number of halogens is 5. The molecule has 0 unspecified atom stereocenters. The molecule has 0 aliphatic heterocycles. The second-order valence-electron chi connectivity index (χ2n) is 8.54. The first-order valence-electron chi connectivity index (χ1n) is 10.5. The second-order valence-corrected chi connectivity index (χ2v) is 8.54. The van der Waals surface area contributed by atoms with Crippen molar-refractivity contribution >= 4 is 0 Å². The molecule has 1 aromatic rings. The van der Waals surface area contributed by atoms with Gasteiger partial charge in [0, 0.05) is 0 Å². The number of hydrogen-bond donors (Lipinski definition) is 0. The molecule has 0 N–H and O–H groups in total. The highest BCUT2D eigenvalue weighted by atomic mass is 19.4. The van der Waals surface area contributed by atoms with Crippen molar-refractivity contribution in [2.45, 2.75) is 83.4 Å². The van der Waals surface area contributed by atoms with E-state index in [0.717, 1.165) is 49.7 Å². The van der Waals surface area contributed by atoms with E-state index >= 15 is 0 Å². The molecule has 0 spiro atoms. The van der Waals surface area contributed by atoms with E-state index in [0.29, 0.717) is 11.5 Å². The van der Waals surface area contributed by atoms with Crippen LogP contribution in [0.5, 0.6) is 5.75 Å². The van der Waals surface area contributed by atoms with Crippen molar-refractivity contribution in [2.75, 3.05) is 0 Å². The highest BCUT2D eigenvalue weighted by Crippen LogP contribution is 2.45. The summed E-state index contributed by atoms with van der Waals surface area (Å²) in [4.78, 5) is 0. The third kappa shape index (κ3) is 5.38. The van der Waals surface area contributed by atoms with Gasteiger partial charge in [0.15, 0.2) is 11.6 Å². The molecule has 6 heteroatoms. The average molecular weight is 404 g/mol. The summed E-state index contributed by atoms with van der Waals surface area (Å²) >= 11 is 0. The summed E-state index contributed by atoms with van der Waals surface area (Å²) in [6, 6.07) is 2.01. The topological polar surface area (TPSA) is 9.23 Å². The Kier molecular flexibility index (Phi) is 6.87. The van der Waals surface area contributed by atoms with Crippen molar-refractivity contribution in [1.29, 1.82) is 0 Å². The molecule has 28 heavy (non-hydrogen) atoms. The standard InChI is InChI=1S/C22H29F5O/c1-2-3-14-4-6-15(7-5-14)16-8-10-17(11-9-16)18-12-19(23)21(20(24)13-18)28-22(25,26)27/h12-17H,2-11H2,1H3. The van der Waals surface area contributed by atoms with E-state index in [1.807, 2.05) is 0 Å². The average Bonchev–Trinajstić information content (AvgIpc) is 2.65. The van der Waals surface area contributed by atoms with Crippen LogP contribution in [0.4, 0.5) is 22.0 Å². The molecule has 0 amide bonds. The van der Waals surface area contributed by atoms with Gasteiger partial charge in [-0.3, -0.25) is 0 Å². The van der Waals surface area contributed by atoms with Gasteiger partial charge in [-0.05, 0) is 79.9 Å². The van der Waals surface area contributed by atoms with Gasteiger partial charge >= 0.3 is 6.36 Å². The predicted octanol–water partition coefficient (Wildman–Crippen LogP) is 7.74. The second kappa shape index (κ2) is 9.00. The van der Waals surface area contributed by atoms with Crippen LogP contribution in [0, 0.1) is 29.4 Å². The highest BCUT2D eigenvalue weighted by molar-refractivity contribution is 5.33. The van der Waals surface area contributed by atoms with Gasteiger partial charge in [-0.2, -0.15) is 0 Å². The number of ether oxygens (including phenoxy) is 1. The molecule has 1 nitrogen and oxygen atoms in total. The summed E-state index contributed by atoms with van der Waals surface area (Å²) in [6.07, 6.45) is 6.37. The van der Waals surface area contributed by atoms with Crippen molar-refractivity contribution in [1.82, 2.24) is 0 Å². The molecular weight excluding hydrogens is 375 g/mol. The van der Waals surface area contributed by atoms with Crippen molar-refractivity contribution in [2.24, 2.45) is 17.8 Å². The molecular formula is C22H29F5O. The maximum absolute atomic E-state index is 14.0. The minimum Gasteiger partial charge on any atom is -0.399 e. The Bertz CT molecular complexity index is 618. The van der Waals surface area contributed by atoms with Crippen LogP contribution in [0.15, 0.2) is 12.1 Å². The monoisotopic (exact) mass is 404 g/mol. The first-order chi connectivity index (χ1) is 13.3. The van der Waals surface area contributed by atoms with E-state index in [4.69, 9.17) is 0 Å². The van der Waals surface area contributed by atoms with E-state index in [1.54, 1.807) is 0 Å². The molecule has 2 aliphatic rings. The van der Waals surface area contributed by atoms with Crippen LogP contribution >= 0.6 is 0 Å². The lowest BCUT2D eigenvalue weighted by atomic mass is 9.68. The Balaban J connectivity index is 1.56. The first-order valence-corrected chi connectivity index (χ1v) is 10.5. The van der Waals surface area contributed by atoms with Crippen LogP contribution in [0.3, 0.4) is 0 Å². The number of alkyl halides is 3. The lowest BCUT2D eigenvalue weighted by Crippen LogP contribution is -2.25. The van der Waals surface area contributed by atoms with E-state index in [1.165, 1.54) is 38.5 Å². The summed E-state index contributed by atoms with van der Waals surface area (Å²) in [7, 11) is 0. The maximum atomic E-state index is 14.0. The van der Waals surface area contributed by atoms with Gasteiger partial charge < -0.3 is 4.74 Å². The summed E-state index contributed by atoms with van der Waals surface area (Å²) in [6.45, 7) is 2.24. The molecule has 2 fully saturated rings. The Hall–Kier alpha value is -1.33. The predicted molar refractivity (Wildman–Crippen MR) is 98.1 cm³/mol. The minimum absolute atomic E-state index is 0.00313. The van der Waals surface area contributed by atoms with E-state index in [-0.39, 0.29) is 5.92 Å². The van der Waals surface area contributed by atoms with Gasteiger partial charge in [-0.1, -0.05) is 32.6 Å². The van der Waals surface area contributed by atoms with Gasteiger partial charge in [0.05, 0.1) is 0 Å². The Morgan fingerprint density at radius 2 is 1.36 bits per heavy atom. The van der Waals surface area contributed by atoms with Gasteiger partial charge in [0.25, 0.3) is 0 Å². The SMILES string of the molecule is CCCC1CCC(C2CCC(c3cc(F)c(OC(F)(F)F)c(F)c3)CC2)CC1. The third-order valence-corrected chi connectivity index (χ3v) is 6.74. The highest BCUT2D eigenvalue weighted by Gasteiger charge is 2.35. The van der Waals surface area contributed by atoms with Gasteiger partial charge in [-0.15, -0.1) is 13.2 Å². The molecule has 1 aromatic carbocycles. The van der Waals surface area contributed by atoms with E-state index in [2.05, 4.69) is 11.7 Å². The van der Waals surface area contributed by atoms with Crippen LogP contribution in [0.25, 0.3) is 0 Å². The van der Waals surface area contributed by atoms with Crippen molar-refractivity contribution in [3.05, 3.63) is 29.3 Å². The molecule has 0 heterocycles. The number of hydrogen-bond acceptors (Lipinski definition) is 1. The fourth-order valence-corrected chi connectivity index (χ4v) is 5.31. The summed E-state index contributed by atoms with van der Waals surface area (Å²) < 4.78 is 68.3. The molecule has 2 aliphatic carbocycles. The Morgan fingerprint density at radius 3 is 1.82 bits per heavy atom. The van der Waals surface area contributed by atoms with Crippen LogP contribution in [-0.4, -0.2) is 6.36 Å². The fourth-order valence-electron chi connectivity index (χ4n) is 5.31. The Labute approximate surface area is 163 Å². The van der Waals surface area contributed by atoms with Crippen LogP contribution in [-0.2, 0) is 0 Å². The lowest BCUT2D eigenvalue weighted by Gasteiger charge is -2.38. The van der Waals surface area contributed by atoms with Crippen LogP contribution in [0.1, 0.15) is 82.6 Å². The zero-order chi connectivity index (χ0) is 20.3. The molecule has 0 aromatic heterocycles. The summed E-state index contributed by atoms with van der Waals surface area (Å²) in [5.74, 6) is -1.65. The minimum atomic E-state index is -5.11. The third-order valence-electron chi connectivity index (χ3n) is 6.74. The molecule has 0 saturated heterocycles. The lowest BCUT2D eigenvalue weighted by molar-refractivity contribution is -0.276. The Morgan fingerprint density at radius 1 is 0.857 bits per heavy atom. The first kappa shape index (κ1) is 21.4. The number of benzene rings is 1. The van der Waals surface area contributed by atoms with Gasteiger partial charge in [0.2, 0.25) is 5.75 Å². The van der Waals surface area contributed by atoms with Crippen molar-refractivity contribution in [3.63, 3.8) is 0 Å².